The first-order valence-corrected chi connectivity index (χ1v) is 12.2. The van der Waals surface area contributed by atoms with Crippen LogP contribution in [0.25, 0.3) is 5.69 Å². The molecule has 0 aliphatic rings. The van der Waals surface area contributed by atoms with Gasteiger partial charge in [0.2, 0.25) is 5.78 Å². The summed E-state index contributed by atoms with van der Waals surface area (Å²) < 4.78 is 1.52. The van der Waals surface area contributed by atoms with E-state index in [2.05, 4.69) is 21.8 Å². The third-order valence-electron chi connectivity index (χ3n) is 5.80. The van der Waals surface area contributed by atoms with Gasteiger partial charge in [-0.05, 0) is 61.9 Å². The van der Waals surface area contributed by atoms with Crippen LogP contribution < -0.4 is 10.6 Å². The number of nitriles is 2. The molecule has 1 heterocycles. The molecule has 0 spiro atoms. The van der Waals surface area contributed by atoms with E-state index in [1.165, 1.54) is 4.68 Å². The largest absolute Gasteiger partial charge is 0.369 e. The van der Waals surface area contributed by atoms with Gasteiger partial charge in [0, 0.05) is 29.2 Å². The molecule has 0 aliphatic heterocycles. The fraction of sp³-hybridized carbons (Fsp3) is 0.138. The molecule has 0 atom stereocenters. The van der Waals surface area contributed by atoms with Gasteiger partial charge < -0.3 is 10.6 Å². The quantitative estimate of drug-likeness (QED) is 0.234. The van der Waals surface area contributed by atoms with Crippen molar-refractivity contribution in [2.24, 2.45) is 0 Å². The Hall–Kier alpha value is -4.92. The van der Waals surface area contributed by atoms with Crippen molar-refractivity contribution in [1.82, 2.24) is 15.1 Å². The van der Waals surface area contributed by atoms with Crippen LogP contribution in [0.15, 0.2) is 72.8 Å². The van der Waals surface area contributed by atoms with Crippen LogP contribution in [-0.4, -0.2) is 34.6 Å². The second-order valence-corrected chi connectivity index (χ2v) is 8.93. The van der Waals surface area contributed by atoms with Crippen molar-refractivity contribution in [2.75, 3.05) is 18.4 Å². The number of aromatic nitrogens is 2. The molecule has 188 valence electrons. The molecule has 1 amide bonds. The topological polar surface area (TPSA) is 124 Å². The lowest BCUT2D eigenvalue weighted by Crippen LogP contribution is -2.26. The molecule has 0 aliphatic carbocycles. The van der Waals surface area contributed by atoms with Crippen LogP contribution in [0.3, 0.4) is 0 Å². The summed E-state index contributed by atoms with van der Waals surface area (Å²) in [4.78, 5) is 25.6. The standard InChI is InChI=1S/C29H23ClN6O2/c1-19-3-7-21(8-4-19)27(37)26-25(18-32)28(36(35-26)24-13-11-23(30)12-14-24)33-15-2-16-34-29(38)22-9-5-20(17-31)6-10-22/h3-14,33H,2,15-16H2,1H3,(H,34,38). The van der Waals surface area contributed by atoms with E-state index in [0.717, 1.165) is 5.56 Å². The molecule has 2 N–H and O–H groups in total. The Bertz CT molecular complexity index is 1540. The summed E-state index contributed by atoms with van der Waals surface area (Å²) in [5.41, 5.74) is 3.20. The highest BCUT2D eigenvalue weighted by Crippen LogP contribution is 2.26. The van der Waals surface area contributed by atoms with Gasteiger partial charge >= 0.3 is 0 Å². The van der Waals surface area contributed by atoms with Crippen molar-refractivity contribution >= 4 is 29.1 Å². The zero-order chi connectivity index (χ0) is 27.1. The van der Waals surface area contributed by atoms with Crippen molar-refractivity contribution in [2.45, 2.75) is 13.3 Å². The van der Waals surface area contributed by atoms with Gasteiger partial charge in [-0.2, -0.15) is 15.6 Å². The maximum Gasteiger partial charge on any atom is 0.251 e. The third kappa shape index (κ3) is 5.89. The minimum absolute atomic E-state index is 0.0444. The Morgan fingerprint density at radius 2 is 1.55 bits per heavy atom. The van der Waals surface area contributed by atoms with E-state index in [9.17, 15) is 14.9 Å². The molecular weight excluding hydrogens is 500 g/mol. The van der Waals surface area contributed by atoms with E-state index in [4.69, 9.17) is 16.9 Å². The van der Waals surface area contributed by atoms with Crippen LogP contribution in [0.2, 0.25) is 5.02 Å². The lowest BCUT2D eigenvalue weighted by Gasteiger charge is -2.11. The van der Waals surface area contributed by atoms with Crippen LogP contribution in [0.1, 0.15) is 49.5 Å². The number of halogens is 1. The molecular formula is C29H23ClN6O2. The molecule has 9 heteroatoms. The summed E-state index contributed by atoms with van der Waals surface area (Å²) in [6.45, 7) is 2.71. The number of anilines is 1. The van der Waals surface area contributed by atoms with Gasteiger partial charge in [0.25, 0.3) is 5.91 Å². The van der Waals surface area contributed by atoms with Gasteiger partial charge in [0.1, 0.15) is 17.5 Å². The molecule has 0 bridgehead atoms. The predicted molar refractivity (Wildman–Crippen MR) is 144 cm³/mol. The summed E-state index contributed by atoms with van der Waals surface area (Å²) in [6, 6.07) is 24.5. The zero-order valence-corrected chi connectivity index (χ0v) is 21.3. The summed E-state index contributed by atoms with van der Waals surface area (Å²) in [7, 11) is 0. The number of hydrogen-bond acceptors (Lipinski definition) is 6. The molecule has 0 saturated carbocycles. The summed E-state index contributed by atoms with van der Waals surface area (Å²) in [5.74, 6) is -0.222. The van der Waals surface area contributed by atoms with Crippen molar-refractivity contribution in [3.05, 3.63) is 111 Å². The molecule has 0 fully saturated rings. The first kappa shape index (κ1) is 26.2. The SMILES string of the molecule is Cc1ccc(C(=O)c2nn(-c3ccc(Cl)cc3)c(NCCCNC(=O)c3ccc(C#N)cc3)c2C#N)cc1. The summed E-state index contributed by atoms with van der Waals surface area (Å²) in [5, 5.41) is 30.0. The third-order valence-corrected chi connectivity index (χ3v) is 6.06. The molecule has 0 radical (unpaired) electrons. The normalized spacial score (nSPS) is 10.3. The number of benzene rings is 3. The van der Waals surface area contributed by atoms with E-state index >= 15 is 0 Å². The van der Waals surface area contributed by atoms with Crippen molar-refractivity contribution < 1.29 is 9.59 Å². The lowest BCUT2D eigenvalue weighted by atomic mass is 10.0. The number of carbonyl (C=O) groups excluding carboxylic acids is 2. The number of hydrogen-bond donors (Lipinski definition) is 2. The second-order valence-electron chi connectivity index (χ2n) is 8.49. The van der Waals surface area contributed by atoms with Gasteiger partial charge in [0.05, 0.1) is 17.3 Å². The zero-order valence-electron chi connectivity index (χ0n) is 20.5. The maximum atomic E-state index is 13.3. The minimum atomic E-state index is -0.355. The van der Waals surface area contributed by atoms with Crippen LogP contribution in [-0.2, 0) is 0 Å². The number of ketones is 1. The number of carbonyl (C=O) groups is 2. The van der Waals surface area contributed by atoms with E-state index in [1.54, 1.807) is 60.7 Å². The van der Waals surface area contributed by atoms with Crippen LogP contribution in [0.4, 0.5) is 5.82 Å². The fourth-order valence-corrected chi connectivity index (χ4v) is 3.88. The minimum Gasteiger partial charge on any atom is -0.369 e. The van der Waals surface area contributed by atoms with Crippen molar-refractivity contribution in [3.8, 4) is 17.8 Å². The summed E-state index contributed by atoms with van der Waals surface area (Å²) >= 11 is 6.05. The molecule has 0 saturated heterocycles. The first-order chi connectivity index (χ1) is 18.4. The molecule has 0 unspecified atom stereocenters. The van der Waals surface area contributed by atoms with E-state index in [-0.39, 0.29) is 22.9 Å². The average Bonchev–Trinajstić information content (AvgIpc) is 3.31. The number of rotatable bonds is 9. The predicted octanol–water partition coefficient (Wildman–Crippen LogP) is 5.04. The van der Waals surface area contributed by atoms with E-state index in [1.807, 2.05) is 25.1 Å². The molecule has 38 heavy (non-hydrogen) atoms. The Balaban J connectivity index is 1.51. The van der Waals surface area contributed by atoms with Crippen LogP contribution in [0, 0.1) is 29.6 Å². The molecule has 4 aromatic rings. The highest BCUT2D eigenvalue weighted by molar-refractivity contribution is 6.30. The summed E-state index contributed by atoms with van der Waals surface area (Å²) in [6.07, 6.45) is 0.542. The Labute approximate surface area is 225 Å². The van der Waals surface area contributed by atoms with Crippen molar-refractivity contribution in [3.63, 3.8) is 0 Å². The highest BCUT2D eigenvalue weighted by Gasteiger charge is 2.25. The van der Waals surface area contributed by atoms with Gasteiger partial charge in [0.15, 0.2) is 5.69 Å². The van der Waals surface area contributed by atoms with Gasteiger partial charge in [-0.25, -0.2) is 4.68 Å². The lowest BCUT2D eigenvalue weighted by molar-refractivity contribution is 0.0952. The van der Waals surface area contributed by atoms with Gasteiger partial charge in [-0.1, -0.05) is 41.4 Å². The van der Waals surface area contributed by atoms with E-state index < -0.39 is 0 Å². The number of nitrogens with one attached hydrogen (secondary N) is 2. The Kier molecular flexibility index (Phi) is 8.17. The Morgan fingerprint density at radius 3 is 2.18 bits per heavy atom. The second kappa shape index (κ2) is 11.9. The highest BCUT2D eigenvalue weighted by atomic mass is 35.5. The van der Waals surface area contributed by atoms with Crippen molar-refractivity contribution in [1.29, 1.82) is 10.5 Å². The van der Waals surface area contributed by atoms with Gasteiger partial charge in [-0.15, -0.1) is 0 Å². The fourth-order valence-electron chi connectivity index (χ4n) is 3.75. The molecule has 8 nitrogen and oxygen atoms in total. The number of nitrogens with zero attached hydrogens (tertiary/aromatic N) is 4. The molecule has 1 aromatic heterocycles. The monoisotopic (exact) mass is 522 g/mol. The number of aryl methyl sites for hydroxylation is 1. The first-order valence-electron chi connectivity index (χ1n) is 11.8. The average molecular weight is 523 g/mol. The number of amides is 1. The Morgan fingerprint density at radius 1 is 0.895 bits per heavy atom. The van der Waals surface area contributed by atoms with Gasteiger partial charge in [-0.3, -0.25) is 9.59 Å². The van der Waals surface area contributed by atoms with Crippen LogP contribution in [0.5, 0.6) is 0 Å². The van der Waals surface area contributed by atoms with E-state index in [0.29, 0.717) is 52.7 Å². The van der Waals surface area contributed by atoms with Crippen LogP contribution >= 0.6 is 11.6 Å². The molecule has 3 aromatic carbocycles. The smallest absolute Gasteiger partial charge is 0.251 e. The molecule has 4 rings (SSSR count). The maximum absolute atomic E-state index is 13.3.